The number of aromatic nitrogens is 1. The van der Waals surface area contributed by atoms with Crippen molar-refractivity contribution in [3.63, 3.8) is 0 Å². The minimum Gasteiger partial charge on any atom is -0.451 e. The van der Waals surface area contributed by atoms with Gasteiger partial charge in [0.1, 0.15) is 5.69 Å². The number of Topliss-reactive ketones (excluding diaryl/α,β-unsaturated/α-hetero) is 2. The fourth-order valence-electron chi connectivity index (χ4n) is 3.03. The molecule has 0 saturated heterocycles. The van der Waals surface area contributed by atoms with E-state index in [0.29, 0.717) is 16.8 Å². The number of carbonyl (C=O) groups is 3. The number of aromatic amines is 1. The summed E-state index contributed by atoms with van der Waals surface area (Å²) in [5.41, 5.74) is 1.60. The number of anilines is 1. The summed E-state index contributed by atoms with van der Waals surface area (Å²) in [7, 11) is 1.52. The van der Waals surface area contributed by atoms with Crippen molar-refractivity contribution < 1.29 is 24.0 Å². The first-order chi connectivity index (χ1) is 13.1. The smallest absolute Gasteiger partial charge is 0.339 e. The van der Waals surface area contributed by atoms with E-state index in [0.717, 1.165) is 6.07 Å². The number of nitro benzene ring substituents is 1. The number of nitro groups is 1. The van der Waals surface area contributed by atoms with Gasteiger partial charge in [0.15, 0.2) is 11.9 Å². The molecule has 1 aromatic heterocycles. The van der Waals surface area contributed by atoms with Crippen LogP contribution in [0.1, 0.15) is 56.3 Å². The monoisotopic (exact) mass is 387 g/mol. The molecule has 28 heavy (non-hydrogen) atoms. The molecule has 2 rings (SSSR count). The van der Waals surface area contributed by atoms with Gasteiger partial charge in [-0.3, -0.25) is 19.7 Å². The Labute approximate surface area is 161 Å². The van der Waals surface area contributed by atoms with Crippen molar-refractivity contribution in [3.8, 4) is 0 Å². The van der Waals surface area contributed by atoms with Crippen molar-refractivity contribution in [2.45, 2.75) is 33.8 Å². The lowest BCUT2D eigenvalue weighted by atomic mass is 10.0. The van der Waals surface area contributed by atoms with Gasteiger partial charge in [-0.25, -0.2) is 4.79 Å². The molecule has 2 N–H and O–H groups in total. The predicted octanol–water partition coefficient (Wildman–Crippen LogP) is 3.21. The van der Waals surface area contributed by atoms with E-state index < -0.39 is 22.8 Å². The number of aryl methyl sites for hydroxylation is 1. The highest BCUT2D eigenvalue weighted by molar-refractivity contribution is 6.05. The number of carbonyl (C=O) groups excluding carboxylic acids is 3. The first-order valence-corrected chi connectivity index (χ1v) is 8.50. The summed E-state index contributed by atoms with van der Waals surface area (Å²) in [4.78, 5) is 50.1. The number of nitrogens with one attached hydrogen (secondary N) is 2. The van der Waals surface area contributed by atoms with Gasteiger partial charge in [0, 0.05) is 24.4 Å². The van der Waals surface area contributed by atoms with Gasteiger partial charge in [0.2, 0.25) is 5.78 Å². The van der Waals surface area contributed by atoms with Gasteiger partial charge in [0.05, 0.1) is 16.2 Å². The number of rotatable bonds is 7. The topological polar surface area (TPSA) is 131 Å². The van der Waals surface area contributed by atoms with E-state index in [1.807, 2.05) is 0 Å². The van der Waals surface area contributed by atoms with E-state index in [1.54, 1.807) is 13.8 Å². The molecular weight excluding hydrogens is 366 g/mol. The molecule has 0 aliphatic rings. The maximum absolute atomic E-state index is 12.7. The van der Waals surface area contributed by atoms with Gasteiger partial charge in [-0.05, 0) is 45.4 Å². The standard InChI is InChI=1S/C19H21N3O6/c1-9-16(11(3)23)10(2)21-17(9)18(24)12(4)28-19(25)13-6-7-14(20-5)15(8-13)22(26)27/h6-8,12,20-21H,1-5H3. The number of benzene rings is 1. The summed E-state index contributed by atoms with van der Waals surface area (Å²) in [6, 6.07) is 3.85. The van der Waals surface area contributed by atoms with Gasteiger partial charge in [-0.1, -0.05) is 0 Å². The van der Waals surface area contributed by atoms with E-state index >= 15 is 0 Å². The summed E-state index contributed by atoms with van der Waals surface area (Å²) in [6.07, 6.45) is -1.15. The minimum atomic E-state index is -1.15. The lowest BCUT2D eigenvalue weighted by Gasteiger charge is -2.12. The lowest BCUT2D eigenvalue weighted by molar-refractivity contribution is -0.384. The normalized spacial score (nSPS) is 11.6. The Morgan fingerprint density at radius 2 is 1.89 bits per heavy atom. The molecule has 2 aromatic rings. The van der Waals surface area contributed by atoms with Gasteiger partial charge in [0.25, 0.3) is 5.69 Å². The van der Waals surface area contributed by atoms with E-state index in [4.69, 9.17) is 4.74 Å². The van der Waals surface area contributed by atoms with Crippen LogP contribution in [0.3, 0.4) is 0 Å². The number of ketones is 2. The largest absolute Gasteiger partial charge is 0.451 e. The van der Waals surface area contributed by atoms with Crippen LogP contribution in [-0.2, 0) is 4.74 Å². The Bertz CT molecular complexity index is 976. The molecule has 148 valence electrons. The highest BCUT2D eigenvalue weighted by atomic mass is 16.6. The van der Waals surface area contributed by atoms with Crippen molar-refractivity contribution in [1.82, 2.24) is 4.98 Å². The maximum atomic E-state index is 12.7. The van der Waals surface area contributed by atoms with Crippen molar-refractivity contribution in [2.24, 2.45) is 0 Å². The van der Waals surface area contributed by atoms with Crippen LogP contribution >= 0.6 is 0 Å². The van der Waals surface area contributed by atoms with Crippen molar-refractivity contribution in [1.29, 1.82) is 0 Å². The number of H-pyrrole nitrogens is 1. The van der Waals surface area contributed by atoms with Crippen LogP contribution in [0.15, 0.2) is 18.2 Å². The zero-order chi connectivity index (χ0) is 21.2. The molecular formula is C19H21N3O6. The van der Waals surface area contributed by atoms with Gasteiger partial charge < -0.3 is 15.0 Å². The zero-order valence-corrected chi connectivity index (χ0v) is 16.2. The molecule has 1 unspecified atom stereocenters. The Morgan fingerprint density at radius 1 is 1.25 bits per heavy atom. The van der Waals surface area contributed by atoms with Crippen LogP contribution in [0.5, 0.6) is 0 Å². The number of hydrogen-bond donors (Lipinski definition) is 2. The summed E-state index contributed by atoms with van der Waals surface area (Å²) < 4.78 is 5.19. The average Bonchev–Trinajstić information content (AvgIpc) is 2.94. The Hall–Kier alpha value is -3.49. The highest BCUT2D eigenvalue weighted by Crippen LogP contribution is 2.26. The van der Waals surface area contributed by atoms with Gasteiger partial charge >= 0.3 is 5.97 Å². The molecule has 0 bridgehead atoms. The molecule has 0 fully saturated rings. The van der Waals surface area contributed by atoms with Crippen LogP contribution in [-0.4, -0.2) is 40.6 Å². The van der Waals surface area contributed by atoms with Crippen molar-refractivity contribution in [3.05, 3.63) is 56.4 Å². The number of ether oxygens (including phenoxy) is 1. The molecule has 9 heteroatoms. The summed E-state index contributed by atoms with van der Waals surface area (Å²) in [5.74, 6) is -1.53. The van der Waals surface area contributed by atoms with E-state index in [2.05, 4.69) is 10.3 Å². The molecule has 0 aliphatic carbocycles. The number of nitrogens with zero attached hydrogens (tertiary/aromatic N) is 1. The predicted molar refractivity (Wildman–Crippen MR) is 102 cm³/mol. The number of esters is 1. The number of hydrogen-bond acceptors (Lipinski definition) is 7. The summed E-state index contributed by atoms with van der Waals surface area (Å²) in [5, 5.41) is 13.8. The van der Waals surface area contributed by atoms with Gasteiger partial charge in [-0.15, -0.1) is 0 Å². The highest BCUT2D eigenvalue weighted by Gasteiger charge is 2.27. The quantitative estimate of drug-likeness (QED) is 0.323. The average molecular weight is 387 g/mol. The molecule has 1 atom stereocenters. The molecule has 0 saturated carbocycles. The first kappa shape index (κ1) is 20.8. The van der Waals surface area contributed by atoms with Crippen molar-refractivity contribution in [2.75, 3.05) is 12.4 Å². The van der Waals surface area contributed by atoms with Crippen LogP contribution in [0.4, 0.5) is 11.4 Å². The Kier molecular flexibility index (Phi) is 5.97. The molecule has 1 heterocycles. The fraction of sp³-hybridized carbons (Fsp3) is 0.316. The molecule has 0 radical (unpaired) electrons. The second-order valence-electron chi connectivity index (χ2n) is 6.33. The molecule has 9 nitrogen and oxygen atoms in total. The Morgan fingerprint density at radius 3 is 2.39 bits per heavy atom. The van der Waals surface area contributed by atoms with Gasteiger partial charge in [-0.2, -0.15) is 0 Å². The molecule has 0 aliphatic heterocycles. The second-order valence-corrected chi connectivity index (χ2v) is 6.33. The third-order valence-corrected chi connectivity index (χ3v) is 4.39. The lowest BCUT2D eigenvalue weighted by Crippen LogP contribution is -2.25. The summed E-state index contributed by atoms with van der Waals surface area (Å²) in [6.45, 7) is 6.13. The third kappa shape index (κ3) is 3.93. The minimum absolute atomic E-state index is 0.0471. The van der Waals surface area contributed by atoms with E-state index in [-0.39, 0.29) is 28.4 Å². The third-order valence-electron chi connectivity index (χ3n) is 4.39. The van der Waals surface area contributed by atoms with Crippen LogP contribution in [0.25, 0.3) is 0 Å². The zero-order valence-electron chi connectivity index (χ0n) is 16.2. The van der Waals surface area contributed by atoms with Crippen LogP contribution < -0.4 is 5.32 Å². The molecule has 0 amide bonds. The fourth-order valence-corrected chi connectivity index (χ4v) is 3.03. The molecule has 1 aromatic carbocycles. The second kappa shape index (κ2) is 8.03. The SMILES string of the molecule is CNc1ccc(C(=O)OC(C)C(=O)c2[nH]c(C)c(C(C)=O)c2C)cc1[N+](=O)[O-]. The molecule has 0 spiro atoms. The van der Waals surface area contributed by atoms with Crippen molar-refractivity contribution >= 4 is 28.9 Å². The maximum Gasteiger partial charge on any atom is 0.339 e. The van der Waals surface area contributed by atoms with Crippen LogP contribution in [0, 0.1) is 24.0 Å². The Balaban J connectivity index is 2.24. The van der Waals surface area contributed by atoms with E-state index in [9.17, 15) is 24.5 Å². The first-order valence-electron chi connectivity index (χ1n) is 8.50. The van der Waals surface area contributed by atoms with Crippen LogP contribution in [0.2, 0.25) is 0 Å². The van der Waals surface area contributed by atoms with E-state index in [1.165, 1.54) is 33.0 Å². The summed E-state index contributed by atoms with van der Waals surface area (Å²) >= 11 is 0.